The first-order chi connectivity index (χ1) is 10.8. The molecule has 1 N–H and O–H groups in total. The molecule has 1 aromatic carbocycles. The summed E-state index contributed by atoms with van der Waals surface area (Å²) in [5.74, 6) is -3.25. The summed E-state index contributed by atoms with van der Waals surface area (Å²) < 4.78 is 31.9. The van der Waals surface area contributed by atoms with E-state index in [1.807, 2.05) is 19.0 Å². The molecule has 23 heavy (non-hydrogen) atoms. The lowest BCUT2D eigenvalue weighted by atomic mass is 10.1. The number of alkyl halides is 2. The van der Waals surface area contributed by atoms with E-state index in [1.165, 1.54) is 0 Å². The molecule has 0 spiro atoms. The highest BCUT2D eigenvalue weighted by Crippen LogP contribution is 2.39. The average Bonchev–Trinajstić information content (AvgIpc) is 2.81. The third-order valence-corrected chi connectivity index (χ3v) is 4.07. The van der Waals surface area contributed by atoms with Gasteiger partial charge in [0.1, 0.15) is 12.4 Å². The lowest BCUT2D eigenvalue weighted by molar-refractivity contribution is -0.120. The monoisotopic (exact) mass is 346 g/mol. The topological polar surface area (TPSA) is 41.6 Å². The summed E-state index contributed by atoms with van der Waals surface area (Å²) in [6.07, 6.45) is -0.416. The van der Waals surface area contributed by atoms with Gasteiger partial charge in [0.05, 0.1) is 5.02 Å². The Hall–Kier alpha value is -1.40. The van der Waals surface area contributed by atoms with Crippen LogP contribution >= 0.6 is 11.6 Å². The number of benzene rings is 1. The molecule has 128 valence electrons. The molecule has 1 aromatic rings. The number of nitrogens with zero attached hydrogens (tertiary/aromatic N) is 1. The molecule has 1 atom stereocenters. The van der Waals surface area contributed by atoms with Gasteiger partial charge in [-0.1, -0.05) is 11.6 Å². The van der Waals surface area contributed by atoms with Crippen molar-refractivity contribution in [2.45, 2.75) is 25.2 Å². The van der Waals surface area contributed by atoms with Crippen molar-refractivity contribution in [1.29, 1.82) is 0 Å². The van der Waals surface area contributed by atoms with Crippen LogP contribution < -0.4 is 10.1 Å². The van der Waals surface area contributed by atoms with Crippen LogP contribution in [-0.4, -0.2) is 44.0 Å². The zero-order valence-corrected chi connectivity index (χ0v) is 14.0. The lowest BCUT2D eigenvalue weighted by Gasteiger charge is -2.14. The maximum absolute atomic E-state index is 13.2. The molecule has 0 aliphatic heterocycles. The van der Waals surface area contributed by atoms with Crippen LogP contribution in [-0.2, 0) is 4.79 Å². The first-order valence-corrected chi connectivity index (χ1v) is 7.90. The van der Waals surface area contributed by atoms with E-state index < -0.39 is 18.3 Å². The van der Waals surface area contributed by atoms with Crippen molar-refractivity contribution in [3.8, 4) is 5.75 Å². The Morgan fingerprint density at radius 3 is 2.78 bits per heavy atom. The number of amides is 1. The van der Waals surface area contributed by atoms with Crippen LogP contribution in [0.2, 0.25) is 5.02 Å². The Morgan fingerprint density at radius 2 is 2.22 bits per heavy atom. The zero-order chi connectivity index (χ0) is 17.0. The Morgan fingerprint density at radius 1 is 1.48 bits per heavy atom. The maximum Gasteiger partial charge on any atom is 0.248 e. The molecule has 1 aliphatic carbocycles. The number of hydrogen-bond acceptors (Lipinski definition) is 3. The van der Waals surface area contributed by atoms with Crippen molar-refractivity contribution < 1.29 is 18.3 Å². The molecule has 1 aliphatic rings. The number of carbonyl (C=O) groups excluding carboxylic acids is 1. The van der Waals surface area contributed by atoms with E-state index in [1.54, 1.807) is 18.2 Å². The first-order valence-electron chi connectivity index (χ1n) is 7.52. The van der Waals surface area contributed by atoms with Crippen molar-refractivity contribution in [3.63, 3.8) is 0 Å². The number of anilines is 1. The van der Waals surface area contributed by atoms with Crippen LogP contribution in [0, 0.1) is 5.92 Å². The minimum atomic E-state index is -2.73. The summed E-state index contributed by atoms with van der Waals surface area (Å²) in [4.78, 5) is 14.0. The van der Waals surface area contributed by atoms with Gasteiger partial charge in [-0.05, 0) is 38.7 Å². The number of ether oxygens (including phenoxy) is 1. The fraction of sp³-hybridized carbons (Fsp3) is 0.562. The van der Waals surface area contributed by atoms with Crippen LogP contribution in [0.1, 0.15) is 19.3 Å². The Bertz CT molecular complexity index is 567. The van der Waals surface area contributed by atoms with Gasteiger partial charge in [0.2, 0.25) is 11.8 Å². The molecular formula is C16H21ClF2N2O2. The molecule has 0 heterocycles. The molecule has 1 saturated carbocycles. The number of halogens is 3. The number of hydrogen-bond donors (Lipinski definition) is 1. The summed E-state index contributed by atoms with van der Waals surface area (Å²) in [5, 5.41) is 3.02. The van der Waals surface area contributed by atoms with Crippen LogP contribution in [0.3, 0.4) is 0 Å². The Kier molecular flexibility index (Phi) is 5.81. The Balaban J connectivity index is 1.91. The van der Waals surface area contributed by atoms with Crippen LogP contribution in [0.15, 0.2) is 18.2 Å². The summed E-state index contributed by atoms with van der Waals surface area (Å²) in [5.41, 5.74) is 0.482. The molecular weight excluding hydrogens is 326 g/mol. The fourth-order valence-electron chi connectivity index (χ4n) is 2.45. The number of nitrogens with one attached hydrogen (secondary N) is 1. The van der Waals surface area contributed by atoms with E-state index >= 15 is 0 Å². The van der Waals surface area contributed by atoms with Crippen LogP contribution in [0.4, 0.5) is 14.5 Å². The molecule has 2 rings (SSSR count). The molecule has 1 amide bonds. The number of carbonyl (C=O) groups is 1. The third kappa shape index (κ3) is 5.32. The molecule has 4 nitrogen and oxygen atoms in total. The van der Waals surface area contributed by atoms with E-state index in [0.717, 1.165) is 6.54 Å². The van der Waals surface area contributed by atoms with Gasteiger partial charge >= 0.3 is 0 Å². The molecule has 0 bridgehead atoms. The summed E-state index contributed by atoms with van der Waals surface area (Å²) >= 11 is 6.12. The minimum Gasteiger partial charge on any atom is -0.491 e. The second kappa shape index (κ2) is 7.45. The molecule has 0 saturated heterocycles. The summed E-state index contributed by atoms with van der Waals surface area (Å²) in [7, 11) is 3.88. The SMILES string of the molecule is CN(C)CCOc1ccc(NC(=O)C2CCC(F)(F)C2)cc1Cl. The Labute approximate surface area is 139 Å². The lowest BCUT2D eigenvalue weighted by Crippen LogP contribution is -2.22. The number of rotatable bonds is 6. The summed E-state index contributed by atoms with van der Waals surface area (Å²) in [6, 6.07) is 4.89. The highest BCUT2D eigenvalue weighted by atomic mass is 35.5. The van der Waals surface area contributed by atoms with Crippen LogP contribution in [0.5, 0.6) is 5.75 Å². The first kappa shape index (κ1) is 17.9. The van der Waals surface area contributed by atoms with E-state index in [4.69, 9.17) is 16.3 Å². The van der Waals surface area contributed by atoms with Crippen molar-refractivity contribution in [2.24, 2.45) is 5.92 Å². The molecule has 7 heteroatoms. The largest absolute Gasteiger partial charge is 0.491 e. The van der Waals surface area contributed by atoms with Crippen molar-refractivity contribution in [2.75, 3.05) is 32.6 Å². The number of likely N-dealkylation sites (N-methyl/N-ethyl adjacent to an activating group) is 1. The van der Waals surface area contributed by atoms with E-state index in [9.17, 15) is 13.6 Å². The second-order valence-corrected chi connectivity index (χ2v) is 6.49. The van der Waals surface area contributed by atoms with Gasteiger partial charge in [0, 0.05) is 31.0 Å². The normalized spacial score (nSPS) is 19.8. The smallest absolute Gasteiger partial charge is 0.248 e. The van der Waals surface area contributed by atoms with E-state index in [-0.39, 0.29) is 18.7 Å². The van der Waals surface area contributed by atoms with Crippen LogP contribution in [0.25, 0.3) is 0 Å². The highest BCUT2D eigenvalue weighted by molar-refractivity contribution is 6.32. The third-order valence-electron chi connectivity index (χ3n) is 3.77. The van der Waals surface area contributed by atoms with Gasteiger partial charge in [0.15, 0.2) is 0 Å². The van der Waals surface area contributed by atoms with Crippen molar-refractivity contribution >= 4 is 23.2 Å². The zero-order valence-electron chi connectivity index (χ0n) is 13.2. The predicted octanol–water partition coefficient (Wildman–Crippen LogP) is 3.65. The predicted molar refractivity (Wildman–Crippen MR) is 86.4 cm³/mol. The molecule has 0 aromatic heterocycles. The average molecular weight is 347 g/mol. The maximum atomic E-state index is 13.2. The minimum absolute atomic E-state index is 0.207. The molecule has 1 unspecified atom stereocenters. The van der Waals surface area contributed by atoms with Crippen molar-refractivity contribution in [1.82, 2.24) is 4.90 Å². The fourth-order valence-corrected chi connectivity index (χ4v) is 2.69. The highest BCUT2D eigenvalue weighted by Gasteiger charge is 2.42. The van der Waals surface area contributed by atoms with Gasteiger partial charge in [0.25, 0.3) is 0 Å². The summed E-state index contributed by atoms with van der Waals surface area (Å²) in [6.45, 7) is 1.25. The van der Waals surface area contributed by atoms with Gasteiger partial charge in [-0.2, -0.15) is 0 Å². The molecule has 0 radical (unpaired) electrons. The van der Waals surface area contributed by atoms with Gasteiger partial charge < -0.3 is 15.0 Å². The molecule has 1 fully saturated rings. The van der Waals surface area contributed by atoms with E-state index in [0.29, 0.717) is 23.1 Å². The standard InChI is InChI=1S/C16H21ClF2N2O2/c1-21(2)7-8-23-14-4-3-12(9-13(14)17)20-15(22)11-5-6-16(18,19)10-11/h3-4,9,11H,5-8,10H2,1-2H3,(H,20,22). The van der Waals surface area contributed by atoms with Gasteiger partial charge in [-0.3, -0.25) is 4.79 Å². The van der Waals surface area contributed by atoms with E-state index in [2.05, 4.69) is 5.32 Å². The second-order valence-electron chi connectivity index (χ2n) is 6.08. The quantitative estimate of drug-likeness (QED) is 0.854. The van der Waals surface area contributed by atoms with Gasteiger partial charge in [-0.15, -0.1) is 0 Å². The van der Waals surface area contributed by atoms with Gasteiger partial charge in [-0.25, -0.2) is 8.78 Å². The van der Waals surface area contributed by atoms with Crippen molar-refractivity contribution in [3.05, 3.63) is 23.2 Å².